The van der Waals surface area contributed by atoms with Crippen molar-refractivity contribution in [2.24, 2.45) is 5.92 Å². The molecule has 21 heavy (non-hydrogen) atoms. The van der Waals surface area contributed by atoms with Gasteiger partial charge in [-0.25, -0.2) is 13.1 Å². The topological polar surface area (TPSA) is 58.2 Å². The van der Waals surface area contributed by atoms with Crippen molar-refractivity contribution in [3.8, 4) is 0 Å². The summed E-state index contributed by atoms with van der Waals surface area (Å²) < 4.78 is 27.5. The van der Waals surface area contributed by atoms with E-state index in [1.807, 2.05) is 0 Å². The molecule has 0 saturated carbocycles. The monoisotopic (exact) mass is 416 g/mol. The van der Waals surface area contributed by atoms with Crippen molar-refractivity contribution in [1.29, 1.82) is 0 Å². The van der Waals surface area contributed by atoms with E-state index in [1.54, 1.807) is 12.1 Å². The molecular weight excluding hydrogens is 399 g/mol. The van der Waals surface area contributed by atoms with E-state index in [4.69, 9.17) is 11.6 Å². The third-order valence-corrected chi connectivity index (χ3v) is 6.10. The Labute approximate surface area is 145 Å². The Bertz CT molecular complexity index is 563. The molecule has 2 rings (SSSR count). The molecule has 0 bridgehead atoms. The molecule has 1 heterocycles. The first-order valence-corrected chi connectivity index (χ1v) is 9.30. The minimum absolute atomic E-state index is 0. The maximum Gasteiger partial charge on any atom is 0.241 e. The number of piperidine rings is 1. The predicted molar refractivity (Wildman–Crippen MR) is 91.8 cm³/mol. The highest BCUT2D eigenvalue weighted by molar-refractivity contribution is 9.10. The lowest BCUT2D eigenvalue weighted by molar-refractivity contribution is 0.358. The molecule has 4 nitrogen and oxygen atoms in total. The average Bonchev–Trinajstić information content (AvgIpc) is 2.39. The van der Waals surface area contributed by atoms with Crippen LogP contribution in [0, 0.1) is 5.92 Å². The zero-order valence-electron chi connectivity index (χ0n) is 11.4. The highest BCUT2D eigenvalue weighted by Gasteiger charge is 2.19. The van der Waals surface area contributed by atoms with Gasteiger partial charge in [-0.1, -0.05) is 11.6 Å². The van der Waals surface area contributed by atoms with E-state index in [9.17, 15) is 8.42 Å². The number of rotatable bonds is 5. The van der Waals surface area contributed by atoms with Gasteiger partial charge in [-0.15, -0.1) is 12.4 Å². The average molecular weight is 418 g/mol. The lowest BCUT2D eigenvalue weighted by atomic mass is 9.96. The quantitative estimate of drug-likeness (QED) is 0.773. The van der Waals surface area contributed by atoms with E-state index in [-0.39, 0.29) is 17.3 Å². The van der Waals surface area contributed by atoms with Crippen LogP contribution in [0.25, 0.3) is 0 Å². The first-order chi connectivity index (χ1) is 9.49. The van der Waals surface area contributed by atoms with Gasteiger partial charge in [0.05, 0.1) is 4.90 Å². The molecule has 2 N–H and O–H groups in total. The Hall–Kier alpha value is 0.150. The van der Waals surface area contributed by atoms with Crippen LogP contribution in [-0.4, -0.2) is 28.1 Å². The van der Waals surface area contributed by atoms with Gasteiger partial charge in [-0.2, -0.15) is 0 Å². The summed E-state index contributed by atoms with van der Waals surface area (Å²) in [7, 11) is -3.48. The second-order valence-electron chi connectivity index (χ2n) is 4.97. The van der Waals surface area contributed by atoms with Gasteiger partial charge in [0.25, 0.3) is 0 Å². The molecule has 1 aliphatic heterocycles. The molecule has 1 atom stereocenters. The van der Waals surface area contributed by atoms with Gasteiger partial charge in [0.15, 0.2) is 0 Å². The molecule has 1 aliphatic rings. The second-order valence-corrected chi connectivity index (χ2v) is 8.00. The van der Waals surface area contributed by atoms with Crippen molar-refractivity contribution in [2.45, 2.75) is 24.2 Å². The Morgan fingerprint density at radius 2 is 2.19 bits per heavy atom. The molecule has 1 aromatic rings. The maximum atomic E-state index is 12.2. The van der Waals surface area contributed by atoms with Gasteiger partial charge in [0.1, 0.15) is 0 Å². The molecular formula is C13H19BrCl2N2O2S. The van der Waals surface area contributed by atoms with E-state index in [0.29, 0.717) is 22.0 Å². The fraction of sp³-hybridized carbons (Fsp3) is 0.538. The summed E-state index contributed by atoms with van der Waals surface area (Å²) in [5, 5.41) is 3.83. The summed E-state index contributed by atoms with van der Waals surface area (Å²) >= 11 is 9.06. The summed E-state index contributed by atoms with van der Waals surface area (Å²) in [5.74, 6) is 0.556. The highest BCUT2D eigenvalue weighted by atomic mass is 79.9. The van der Waals surface area contributed by atoms with Crippen LogP contribution in [-0.2, 0) is 10.0 Å². The second kappa shape index (κ2) is 8.70. The Kier molecular flexibility index (Phi) is 7.95. The molecule has 1 unspecified atom stereocenters. The van der Waals surface area contributed by atoms with Crippen molar-refractivity contribution in [3.05, 3.63) is 27.7 Å². The minimum atomic E-state index is -3.48. The Morgan fingerprint density at radius 3 is 2.81 bits per heavy atom. The van der Waals surface area contributed by atoms with Crippen molar-refractivity contribution in [2.75, 3.05) is 19.6 Å². The van der Waals surface area contributed by atoms with Crippen LogP contribution in [0.1, 0.15) is 19.3 Å². The summed E-state index contributed by atoms with van der Waals surface area (Å²) in [5.41, 5.74) is 0. The number of nitrogens with one attached hydrogen (secondary N) is 2. The number of halogens is 3. The van der Waals surface area contributed by atoms with E-state index >= 15 is 0 Å². The van der Waals surface area contributed by atoms with Gasteiger partial charge in [0, 0.05) is 16.0 Å². The molecule has 1 fully saturated rings. The van der Waals surface area contributed by atoms with E-state index in [1.165, 1.54) is 18.9 Å². The molecule has 0 amide bonds. The van der Waals surface area contributed by atoms with Crippen LogP contribution < -0.4 is 10.0 Å². The van der Waals surface area contributed by atoms with Crippen LogP contribution in [0.3, 0.4) is 0 Å². The third-order valence-electron chi connectivity index (χ3n) is 3.43. The van der Waals surface area contributed by atoms with E-state index in [2.05, 4.69) is 26.0 Å². The molecule has 0 aromatic heterocycles. The zero-order valence-corrected chi connectivity index (χ0v) is 15.4. The molecule has 120 valence electrons. The van der Waals surface area contributed by atoms with E-state index < -0.39 is 10.0 Å². The van der Waals surface area contributed by atoms with Crippen LogP contribution in [0.5, 0.6) is 0 Å². The Morgan fingerprint density at radius 1 is 1.43 bits per heavy atom. The molecule has 1 aromatic carbocycles. The van der Waals surface area contributed by atoms with Gasteiger partial charge >= 0.3 is 0 Å². The van der Waals surface area contributed by atoms with Crippen LogP contribution >= 0.6 is 39.9 Å². The fourth-order valence-electron chi connectivity index (χ4n) is 2.34. The van der Waals surface area contributed by atoms with Crippen molar-refractivity contribution in [1.82, 2.24) is 10.0 Å². The molecule has 1 saturated heterocycles. The summed E-state index contributed by atoms with van der Waals surface area (Å²) in [6.07, 6.45) is 3.19. The highest BCUT2D eigenvalue weighted by Crippen LogP contribution is 2.25. The lowest BCUT2D eigenvalue weighted by Crippen LogP contribution is -2.33. The van der Waals surface area contributed by atoms with Gasteiger partial charge in [-0.3, -0.25) is 0 Å². The van der Waals surface area contributed by atoms with Crippen molar-refractivity contribution >= 4 is 50.0 Å². The van der Waals surface area contributed by atoms with Crippen LogP contribution in [0.15, 0.2) is 27.6 Å². The fourth-order valence-corrected chi connectivity index (χ4v) is 4.77. The van der Waals surface area contributed by atoms with Crippen LogP contribution in [0.4, 0.5) is 0 Å². The first-order valence-electron chi connectivity index (χ1n) is 6.64. The predicted octanol–water partition coefficient (Wildman–Crippen LogP) is 3.19. The molecule has 0 aliphatic carbocycles. The Balaban J connectivity index is 0.00000220. The third kappa shape index (κ3) is 5.69. The lowest BCUT2D eigenvalue weighted by Gasteiger charge is -2.22. The van der Waals surface area contributed by atoms with Gasteiger partial charge in [0.2, 0.25) is 10.0 Å². The van der Waals surface area contributed by atoms with Crippen LogP contribution in [0.2, 0.25) is 5.02 Å². The van der Waals surface area contributed by atoms with E-state index in [0.717, 1.165) is 19.5 Å². The maximum absolute atomic E-state index is 12.2. The largest absolute Gasteiger partial charge is 0.316 e. The zero-order chi connectivity index (χ0) is 14.6. The van der Waals surface area contributed by atoms with Gasteiger partial charge in [-0.05, 0) is 72.4 Å². The SMILES string of the molecule is Cl.O=S(=O)(NCCC1CCCNC1)c1ccc(Cl)cc1Br. The normalized spacial score (nSPS) is 19.0. The first kappa shape index (κ1) is 19.2. The summed E-state index contributed by atoms with van der Waals surface area (Å²) in [4.78, 5) is 0.226. The standard InChI is InChI=1S/C13H18BrClN2O2S.ClH/c14-12-8-11(15)3-4-13(12)20(18,19)17-7-5-10-2-1-6-16-9-10;/h3-4,8,10,16-17H,1-2,5-7,9H2;1H. The van der Waals surface area contributed by atoms with Crippen molar-refractivity contribution in [3.63, 3.8) is 0 Å². The smallest absolute Gasteiger partial charge is 0.241 e. The number of sulfonamides is 1. The number of benzene rings is 1. The molecule has 8 heteroatoms. The molecule has 0 spiro atoms. The summed E-state index contributed by atoms with van der Waals surface area (Å²) in [6, 6.07) is 4.67. The van der Waals surface area contributed by atoms with Crippen molar-refractivity contribution < 1.29 is 8.42 Å². The number of hydrogen-bond donors (Lipinski definition) is 2. The molecule has 0 radical (unpaired) electrons. The van der Waals surface area contributed by atoms with Gasteiger partial charge < -0.3 is 5.32 Å². The number of hydrogen-bond acceptors (Lipinski definition) is 3. The minimum Gasteiger partial charge on any atom is -0.316 e. The summed E-state index contributed by atoms with van der Waals surface area (Å²) in [6.45, 7) is 2.51.